The molecule has 0 atom stereocenters. The number of nitrogens with zero attached hydrogens (tertiary/aromatic N) is 3. The molecule has 0 saturated heterocycles. The zero-order valence-corrected chi connectivity index (χ0v) is 22.3. The van der Waals surface area contributed by atoms with Crippen molar-refractivity contribution in [3.05, 3.63) is 62.8 Å². The van der Waals surface area contributed by atoms with Crippen LogP contribution in [0.5, 0.6) is 23.1 Å². The van der Waals surface area contributed by atoms with Gasteiger partial charge < -0.3 is 29.4 Å². The maximum Gasteiger partial charge on any atom is 0.332 e. The second-order valence-electron chi connectivity index (χ2n) is 8.09. The molecule has 12 nitrogen and oxygen atoms in total. The number of carbonyl (C=O) groups is 1. The van der Waals surface area contributed by atoms with Gasteiger partial charge in [0.15, 0.2) is 41.2 Å². The van der Waals surface area contributed by atoms with E-state index in [0.717, 1.165) is 10.6 Å². The number of nitrogens with one attached hydrogen (secondary N) is 2. The maximum absolute atomic E-state index is 14.6. The number of benzene rings is 2. The number of rotatable bonds is 11. The van der Waals surface area contributed by atoms with Crippen LogP contribution in [-0.2, 0) is 18.0 Å². The van der Waals surface area contributed by atoms with Gasteiger partial charge in [-0.3, -0.25) is 9.78 Å². The molecule has 3 N–H and O–H groups in total. The minimum atomic E-state index is -1.17. The molecule has 0 aliphatic rings. The SMILES string of the molecule is CCNC(=O)COc1cc(Cl)c(-n2c(=O)[nH]c3c(OC)nc(CO)nc32)cc1OCc1c(OC)ccc(F)c1F. The van der Waals surface area contributed by atoms with Gasteiger partial charge in [0.05, 0.1) is 30.5 Å². The molecule has 2 heterocycles. The zero-order chi connectivity index (χ0) is 29.0. The molecule has 0 saturated carbocycles. The number of fused-ring (bicyclic) bond motifs is 1. The number of aliphatic hydroxyl groups excluding tert-OH is 1. The number of amides is 1. The predicted octanol–water partition coefficient (Wildman–Crippen LogP) is 2.64. The average Bonchev–Trinajstić information content (AvgIpc) is 3.28. The van der Waals surface area contributed by atoms with Crippen LogP contribution in [0.4, 0.5) is 8.78 Å². The fourth-order valence-corrected chi connectivity index (χ4v) is 4.05. The van der Waals surface area contributed by atoms with Crippen LogP contribution < -0.4 is 30.0 Å². The number of H-pyrrole nitrogens is 1. The summed E-state index contributed by atoms with van der Waals surface area (Å²) in [5.74, 6) is -2.79. The zero-order valence-electron chi connectivity index (χ0n) is 21.5. The number of likely N-dealkylation sites (N-methyl/N-ethyl adjacent to an activating group) is 1. The number of hydrogen-bond acceptors (Lipinski definition) is 9. The van der Waals surface area contributed by atoms with Crippen LogP contribution in [-0.4, -0.2) is 57.9 Å². The molecule has 0 radical (unpaired) electrons. The van der Waals surface area contributed by atoms with E-state index in [1.54, 1.807) is 6.92 Å². The largest absolute Gasteiger partial charge is 0.496 e. The molecular weight excluding hydrogens is 556 g/mol. The van der Waals surface area contributed by atoms with Crippen molar-refractivity contribution in [3.8, 4) is 28.8 Å². The molecule has 40 heavy (non-hydrogen) atoms. The Morgan fingerprint density at radius 2 is 1.88 bits per heavy atom. The molecule has 4 rings (SSSR count). The number of methoxy groups -OCH3 is 2. The van der Waals surface area contributed by atoms with Crippen LogP contribution in [0.15, 0.2) is 29.1 Å². The number of aromatic nitrogens is 4. The Bertz CT molecular complexity index is 1630. The predicted molar refractivity (Wildman–Crippen MR) is 138 cm³/mol. The summed E-state index contributed by atoms with van der Waals surface area (Å²) in [4.78, 5) is 35.8. The van der Waals surface area contributed by atoms with Gasteiger partial charge in [-0.05, 0) is 19.1 Å². The van der Waals surface area contributed by atoms with E-state index >= 15 is 0 Å². The maximum atomic E-state index is 14.6. The third-order valence-electron chi connectivity index (χ3n) is 5.62. The normalized spacial score (nSPS) is 11.0. The Morgan fingerprint density at radius 1 is 1.12 bits per heavy atom. The van der Waals surface area contributed by atoms with Crippen molar-refractivity contribution in [2.75, 3.05) is 27.4 Å². The van der Waals surface area contributed by atoms with E-state index in [0.29, 0.717) is 6.54 Å². The van der Waals surface area contributed by atoms with Gasteiger partial charge in [0.2, 0.25) is 5.88 Å². The fourth-order valence-electron chi connectivity index (χ4n) is 3.81. The second-order valence-corrected chi connectivity index (χ2v) is 8.50. The minimum Gasteiger partial charge on any atom is -0.496 e. The van der Waals surface area contributed by atoms with E-state index in [-0.39, 0.29) is 56.4 Å². The number of carbonyl (C=O) groups excluding carboxylic acids is 1. The molecule has 0 aliphatic heterocycles. The number of imidazole rings is 1. The Hall–Kier alpha value is -4.43. The molecule has 0 bridgehead atoms. The van der Waals surface area contributed by atoms with E-state index in [2.05, 4.69) is 20.3 Å². The van der Waals surface area contributed by atoms with Crippen LogP contribution in [0.2, 0.25) is 5.02 Å². The summed E-state index contributed by atoms with van der Waals surface area (Å²) in [6, 6.07) is 4.76. The van der Waals surface area contributed by atoms with Gasteiger partial charge in [-0.25, -0.2) is 23.1 Å². The van der Waals surface area contributed by atoms with Crippen molar-refractivity contribution in [1.82, 2.24) is 24.8 Å². The summed E-state index contributed by atoms with van der Waals surface area (Å²) in [6.45, 7) is 0.641. The molecule has 2 aromatic carbocycles. The first-order valence-corrected chi connectivity index (χ1v) is 12.1. The summed E-state index contributed by atoms with van der Waals surface area (Å²) in [5, 5.41) is 12.1. The van der Waals surface area contributed by atoms with Gasteiger partial charge >= 0.3 is 5.69 Å². The van der Waals surface area contributed by atoms with Crippen molar-refractivity contribution in [1.29, 1.82) is 0 Å². The minimum absolute atomic E-state index is 0.00746. The van der Waals surface area contributed by atoms with Gasteiger partial charge in [0.25, 0.3) is 5.91 Å². The fraction of sp³-hybridized carbons (Fsp3) is 0.280. The van der Waals surface area contributed by atoms with E-state index < -0.39 is 43.1 Å². The lowest BCUT2D eigenvalue weighted by Crippen LogP contribution is -2.28. The van der Waals surface area contributed by atoms with E-state index in [4.69, 9.17) is 30.5 Å². The molecule has 0 aliphatic carbocycles. The van der Waals surface area contributed by atoms with Gasteiger partial charge in [0, 0.05) is 18.7 Å². The molecule has 4 aromatic rings. The highest BCUT2D eigenvalue weighted by atomic mass is 35.5. The molecule has 15 heteroatoms. The molecule has 2 aromatic heterocycles. The summed E-state index contributed by atoms with van der Waals surface area (Å²) < 4.78 is 51.4. The van der Waals surface area contributed by atoms with E-state index in [1.807, 2.05) is 0 Å². The molecule has 0 spiro atoms. The number of aromatic amines is 1. The van der Waals surface area contributed by atoms with Crippen LogP contribution in [0.1, 0.15) is 18.3 Å². The number of ether oxygens (including phenoxy) is 4. The van der Waals surface area contributed by atoms with Crippen molar-refractivity contribution in [2.45, 2.75) is 20.1 Å². The number of hydrogen-bond donors (Lipinski definition) is 3. The quantitative estimate of drug-likeness (QED) is 0.244. The summed E-state index contributed by atoms with van der Waals surface area (Å²) in [7, 11) is 2.62. The van der Waals surface area contributed by atoms with Crippen molar-refractivity contribution < 1.29 is 37.6 Å². The first-order valence-electron chi connectivity index (χ1n) is 11.8. The highest BCUT2D eigenvalue weighted by molar-refractivity contribution is 6.32. The topological polar surface area (TPSA) is 150 Å². The Balaban J connectivity index is 1.84. The lowest BCUT2D eigenvalue weighted by molar-refractivity contribution is -0.123. The van der Waals surface area contributed by atoms with Gasteiger partial charge in [-0.1, -0.05) is 11.6 Å². The smallest absolute Gasteiger partial charge is 0.332 e. The lowest BCUT2D eigenvalue weighted by Gasteiger charge is -2.17. The third-order valence-corrected chi connectivity index (χ3v) is 5.92. The molecule has 0 unspecified atom stereocenters. The van der Waals surface area contributed by atoms with Crippen molar-refractivity contribution in [2.24, 2.45) is 0 Å². The summed E-state index contributed by atoms with van der Waals surface area (Å²) >= 11 is 6.54. The van der Waals surface area contributed by atoms with Crippen molar-refractivity contribution >= 4 is 28.7 Å². The lowest BCUT2D eigenvalue weighted by atomic mass is 10.2. The first-order chi connectivity index (χ1) is 19.2. The van der Waals surface area contributed by atoms with Crippen LogP contribution in [0.25, 0.3) is 16.9 Å². The standard InChI is InChI=1S/C25H24ClF2N5O7/c1-4-29-20(35)11-40-17-7-13(26)15(8-18(17)39-10-12-16(37-2)6-5-14(27)21(12)28)33-23-22(32-25(33)36)24(38-3)31-19(9-34)30-23/h5-8,34H,4,9-11H2,1-3H3,(H,29,35)(H,32,36). The van der Waals surface area contributed by atoms with Crippen LogP contribution in [0, 0.1) is 11.6 Å². The van der Waals surface area contributed by atoms with Crippen molar-refractivity contribution in [3.63, 3.8) is 0 Å². The van der Waals surface area contributed by atoms with Crippen LogP contribution in [0.3, 0.4) is 0 Å². The van der Waals surface area contributed by atoms with Gasteiger partial charge in [-0.15, -0.1) is 0 Å². The molecule has 212 valence electrons. The number of halogens is 3. The Kier molecular flexibility index (Phi) is 8.70. The van der Waals surface area contributed by atoms with E-state index in [1.165, 1.54) is 32.4 Å². The van der Waals surface area contributed by atoms with Gasteiger partial charge in [-0.2, -0.15) is 4.98 Å². The molecule has 1 amide bonds. The van der Waals surface area contributed by atoms with E-state index in [9.17, 15) is 23.5 Å². The summed E-state index contributed by atoms with van der Waals surface area (Å²) in [5.41, 5.74) is -0.689. The highest BCUT2D eigenvalue weighted by Gasteiger charge is 2.22. The Morgan fingerprint density at radius 3 is 2.55 bits per heavy atom. The van der Waals surface area contributed by atoms with Crippen LogP contribution >= 0.6 is 11.6 Å². The summed E-state index contributed by atoms with van der Waals surface area (Å²) in [6.07, 6.45) is 0. The average molecular weight is 580 g/mol. The molecule has 0 fully saturated rings. The first kappa shape index (κ1) is 28.6. The number of aliphatic hydroxyl groups is 1. The molecular formula is C25H24ClF2N5O7. The Labute approximate surface area is 230 Å². The van der Waals surface area contributed by atoms with Gasteiger partial charge in [0.1, 0.15) is 24.5 Å². The second kappa shape index (κ2) is 12.2. The highest BCUT2D eigenvalue weighted by Crippen LogP contribution is 2.37. The third kappa shape index (κ3) is 5.62. The monoisotopic (exact) mass is 579 g/mol.